The highest BCUT2D eigenvalue weighted by molar-refractivity contribution is 6.23. The molecule has 7 heterocycles. The van der Waals surface area contributed by atoms with E-state index in [0.29, 0.717) is 99.6 Å². The van der Waals surface area contributed by atoms with Gasteiger partial charge in [-0.25, -0.2) is 4.98 Å². The molecular formula is C46H48F3N7O6. The largest absolute Gasteiger partial charge is 0.474 e. The number of hydrogen-bond acceptors (Lipinski definition) is 10. The Balaban J connectivity index is 0.664. The maximum absolute atomic E-state index is 14.3. The van der Waals surface area contributed by atoms with Gasteiger partial charge in [-0.15, -0.1) is 0 Å². The topological polar surface area (TPSA) is 131 Å². The van der Waals surface area contributed by atoms with Crippen LogP contribution in [0.1, 0.15) is 64.8 Å². The lowest BCUT2D eigenvalue weighted by Gasteiger charge is -2.40. The van der Waals surface area contributed by atoms with Gasteiger partial charge in [-0.05, 0) is 80.5 Å². The van der Waals surface area contributed by atoms with Gasteiger partial charge >= 0.3 is 6.18 Å². The molecule has 4 aliphatic heterocycles. The zero-order valence-electron chi connectivity index (χ0n) is 34.5. The summed E-state index contributed by atoms with van der Waals surface area (Å²) in [5.74, 6) is -1.66. The first-order valence-corrected chi connectivity index (χ1v) is 21.2. The fourth-order valence-corrected chi connectivity index (χ4v) is 8.94. The molecule has 3 amide bonds. The quantitative estimate of drug-likeness (QED) is 0.0947. The monoisotopic (exact) mass is 851 g/mol. The first-order chi connectivity index (χ1) is 29.9. The molecule has 9 rings (SSSR count). The van der Waals surface area contributed by atoms with Crippen molar-refractivity contribution in [3.63, 3.8) is 0 Å². The molecule has 1 unspecified atom stereocenters. The van der Waals surface area contributed by atoms with E-state index in [1.807, 2.05) is 41.9 Å². The Morgan fingerprint density at radius 3 is 2.42 bits per heavy atom. The second-order valence-electron chi connectivity index (χ2n) is 16.5. The van der Waals surface area contributed by atoms with Crippen LogP contribution in [0.5, 0.6) is 5.88 Å². The molecule has 16 heteroatoms. The molecule has 5 aromatic rings. The zero-order chi connectivity index (χ0) is 43.1. The molecule has 324 valence electrons. The van der Waals surface area contributed by atoms with Crippen LogP contribution in [0, 0.1) is 0 Å². The molecule has 0 aliphatic carbocycles. The summed E-state index contributed by atoms with van der Waals surface area (Å²) in [6.07, 6.45) is 3.69. The minimum Gasteiger partial charge on any atom is -0.474 e. The van der Waals surface area contributed by atoms with Crippen LogP contribution in [0.2, 0.25) is 0 Å². The Kier molecular flexibility index (Phi) is 11.5. The van der Waals surface area contributed by atoms with Crippen molar-refractivity contribution in [3.05, 3.63) is 96.1 Å². The molecule has 0 saturated carbocycles. The van der Waals surface area contributed by atoms with Crippen LogP contribution in [-0.2, 0) is 27.5 Å². The lowest BCUT2D eigenvalue weighted by molar-refractivity contribution is -0.139. The summed E-state index contributed by atoms with van der Waals surface area (Å²) in [5.41, 5.74) is 4.05. The predicted octanol–water partition coefficient (Wildman–Crippen LogP) is 6.74. The highest BCUT2D eigenvalue weighted by Crippen LogP contribution is 2.40. The molecule has 3 saturated heterocycles. The number of amides is 3. The zero-order valence-corrected chi connectivity index (χ0v) is 34.5. The number of rotatable bonds is 14. The smallest absolute Gasteiger partial charge is 0.421 e. The van der Waals surface area contributed by atoms with E-state index in [2.05, 4.69) is 31.7 Å². The van der Waals surface area contributed by atoms with E-state index in [1.165, 1.54) is 6.20 Å². The summed E-state index contributed by atoms with van der Waals surface area (Å²) in [6, 6.07) is 13.0. The molecular weight excluding hydrogens is 804 g/mol. The van der Waals surface area contributed by atoms with Crippen LogP contribution in [0.3, 0.4) is 0 Å². The van der Waals surface area contributed by atoms with Crippen LogP contribution in [0.4, 0.5) is 18.9 Å². The van der Waals surface area contributed by atoms with Crippen molar-refractivity contribution in [2.45, 2.75) is 63.0 Å². The van der Waals surface area contributed by atoms with Crippen molar-refractivity contribution in [2.24, 2.45) is 7.05 Å². The number of pyridine rings is 2. The third kappa shape index (κ3) is 8.26. The number of fused-ring (bicyclic) bond motifs is 4. The SMILES string of the molecule is C=C1CCC(N2C(=O)c3ccc(N4CC(OCCCOCCCN5CCC(Oc6ncc(-c7ccc8c9cnccc9n(C)c8c7)cc6C(F)(F)F)CC5)C4)cc3C2=O)C(=O)N1. The average molecular weight is 852 g/mol. The number of alkyl halides is 3. The van der Waals surface area contributed by atoms with Gasteiger partial charge in [0.05, 0.1) is 22.7 Å². The van der Waals surface area contributed by atoms with E-state index in [-0.39, 0.29) is 24.0 Å². The molecule has 62 heavy (non-hydrogen) atoms. The number of allylic oxidation sites excluding steroid dienone is 1. The van der Waals surface area contributed by atoms with Gasteiger partial charge in [-0.3, -0.25) is 24.3 Å². The lowest BCUT2D eigenvalue weighted by Crippen LogP contribution is -2.52. The normalized spacial score (nSPS) is 19.1. The molecule has 4 aliphatic rings. The number of nitrogens with one attached hydrogen (secondary N) is 1. The Hall–Kier alpha value is -5.84. The number of imide groups is 1. The Morgan fingerprint density at radius 2 is 1.63 bits per heavy atom. The number of halogens is 3. The molecule has 2 aromatic carbocycles. The minimum atomic E-state index is -4.63. The van der Waals surface area contributed by atoms with Crippen LogP contribution >= 0.6 is 0 Å². The van der Waals surface area contributed by atoms with Crippen LogP contribution in [0.15, 0.2) is 79.4 Å². The number of aryl methyl sites for hydroxylation is 1. The number of carbonyl (C=O) groups is 3. The number of benzene rings is 2. The number of anilines is 1. The van der Waals surface area contributed by atoms with Crippen molar-refractivity contribution in [3.8, 4) is 17.0 Å². The first-order valence-electron chi connectivity index (χ1n) is 21.2. The third-order valence-electron chi connectivity index (χ3n) is 12.4. The van der Waals surface area contributed by atoms with E-state index < -0.39 is 29.6 Å². The Bertz CT molecular complexity index is 2550. The molecule has 0 bridgehead atoms. The van der Waals surface area contributed by atoms with Crippen molar-refractivity contribution < 1.29 is 41.8 Å². The van der Waals surface area contributed by atoms with Gasteiger partial charge < -0.3 is 33.9 Å². The third-order valence-corrected chi connectivity index (χ3v) is 12.4. The minimum absolute atomic E-state index is 0.0494. The van der Waals surface area contributed by atoms with Crippen LogP contribution < -0.4 is 15.0 Å². The van der Waals surface area contributed by atoms with Gasteiger partial charge in [0, 0.05) is 111 Å². The lowest BCUT2D eigenvalue weighted by atomic mass is 10.0. The summed E-state index contributed by atoms with van der Waals surface area (Å²) in [5, 5.41) is 4.62. The second kappa shape index (κ2) is 17.1. The Labute approximate surface area is 356 Å². The van der Waals surface area contributed by atoms with Gasteiger partial charge in [-0.2, -0.15) is 13.2 Å². The highest BCUT2D eigenvalue weighted by Gasteiger charge is 2.44. The number of hydrogen-bond donors (Lipinski definition) is 1. The van der Waals surface area contributed by atoms with Gasteiger partial charge in [-0.1, -0.05) is 18.7 Å². The van der Waals surface area contributed by atoms with Gasteiger partial charge in [0.2, 0.25) is 11.8 Å². The first kappa shape index (κ1) is 41.5. The number of nitrogens with zero attached hydrogens (tertiary/aromatic N) is 6. The molecule has 3 fully saturated rings. The van der Waals surface area contributed by atoms with Crippen LogP contribution in [0.25, 0.3) is 32.9 Å². The molecule has 3 aromatic heterocycles. The van der Waals surface area contributed by atoms with Crippen molar-refractivity contribution in [1.82, 2.24) is 29.7 Å². The molecule has 1 N–H and O–H groups in total. The number of piperidine rings is 2. The van der Waals surface area contributed by atoms with Gasteiger partial charge in [0.15, 0.2) is 0 Å². The number of ether oxygens (including phenoxy) is 3. The highest BCUT2D eigenvalue weighted by atomic mass is 19.4. The van der Waals surface area contributed by atoms with Gasteiger partial charge in [0.25, 0.3) is 11.8 Å². The summed E-state index contributed by atoms with van der Waals surface area (Å²) < 4.78 is 62.8. The summed E-state index contributed by atoms with van der Waals surface area (Å²) >= 11 is 0. The number of carbonyl (C=O) groups excluding carboxylic acids is 3. The molecule has 13 nitrogen and oxygen atoms in total. The predicted molar refractivity (Wildman–Crippen MR) is 226 cm³/mol. The van der Waals surface area contributed by atoms with Crippen LogP contribution in [-0.4, -0.2) is 113 Å². The second-order valence-corrected chi connectivity index (χ2v) is 16.5. The maximum atomic E-state index is 14.3. The van der Waals surface area contributed by atoms with Gasteiger partial charge in [0.1, 0.15) is 17.7 Å². The number of aromatic nitrogens is 3. The van der Waals surface area contributed by atoms with E-state index in [1.54, 1.807) is 24.5 Å². The fourth-order valence-electron chi connectivity index (χ4n) is 8.94. The summed E-state index contributed by atoms with van der Waals surface area (Å²) in [4.78, 5) is 52.7. The summed E-state index contributed by atoms with van der Waals surface area (Å²) in [6.45, 7) is 9.07. The summed E-state index contributed by atoms with van der Waals surface area (Å²) in [7, 11) is 1.93. The molecule has 0 radical (unpaired) electrons. The van der Waals surface area contributed by atoms with Crippen molar-refractivity contribution >= 4 is 45.2 Å². The maximum Gasteiger partial charge on any atom is 0.421 e. The average Bonchev–Trinajstić information content (AvgIpc) is 3.67. The molecule has 1 atom stereocenters. The standard InChI is InChI=1S/C46H48F3N7O6/c1-28-5-10-40(42(57)52-28)56-44(58)35-9-7-31(23-36(35)45(56)59)55-26-33(27-55)61-20-4-19-60-18-3-15-54-16-12-32(13-17-54)62-43-38(46(47,48)49)21-30(24-51-43)29-6-8-34-37-25-50-14-11-39(37)53(2)41(34)22-29/h6-9,11,14,21-25,32-33,40H,1,3-5,10,12-13,15-20,26-27H2,2H3,(H,52,57). The Morgan fingerprint density at radius 1 is 0.839 bits per heavy atom. The number of likely N-dealkylation sites (tertiary alicyclic amines) is 1. The van der Waals surface area contributed by atoms with E-state index >= 15 is 0 Å². The van der Waals surface area contributed by atoms with Crippen molar-refractivity contribution in [1.29, 1.82) is 0 Å². The van der Waals surface area contributed by atoms with E-state index in [9.17, 15) is 27.6 Å². The van der Waals surface area contributed by atoms with Crippen molar-refractivity contribution in [2.75, 3.05) is 57.4 Å². The molecule has 0 spiro atoms. The van der Waals surface area contributed by atoms with E-state index in [4.69, 9.17) is 14.2 Å². The van der Waals surface area contributed by atoms with E-state index in [0.717, 1.165) is 57.8 Å². The fraction of sp³-hybridized carbons (Fsp3) is 0.413.